The van der Waals surface area contributed by atoms with Crippen molar-refractivity contribution < 1.29 is 4.79 Å². The van der Waals surface area contributed by atoms with Crippen molar-refractivity contribution in [1.82, 2.24) is 29.6 Å². The minimum Gasteiger partial charge on any atom is -0.369 e. The van der Waals surface area contributed by atoms with Crippen LogP contribution >= 0.6 is 23.2 Å². The molecule has 0 saturated carbocycles. The highest BCUT2D eigenvalue weighted by molar-refractivity contribution is 6.42. The van der Waals surface area contributed by atoms with E-state index in [4.69, 9.17) is 34.0 Å². The molecule has 0 radical (unpaired) electrons. The number of hydrogen-bond acceptors (Lipinski definition) is 7. The lowest BCUT2D eigenvalue weighted by Crippen LogP contribution is -2.45. The van der Waals surface area contributed by atoms with Gasteiger partial charge in [-0.2, -0.15) is 4.52 Å². The molecule has 1 atom stereocenters. The maximum absolute atomic E-state index is 12.5. The molecule has 2 fully saturated rings. The Morgan fingerprint density at radius 3 is 2.47 bits per heavy atom. The molecule has 5 rings (SSSR count). The quantitative estimate of drug-likeness (QED) is 0.501. The minimum absolute atomic E-state index is 0.195. The van der Waals surface area contributed by atoms with Gasteiger partial charge in [0.05, 0.1) is 10.0 Å². The molecule has 2 N–H and O–H groups in total. The molecule has 36 heavy (non-hydrogen) atoms. The van der Waals surface area contributed by atoms with Gasteiger partial charge in [-0.1, -0.05) is 29.3 Å². The number of nitrogens with two attached hydrogens (primary N) is 1. The van der Waals surface area contributed by atoms with Crippen LogP contribution in [0.15, 0.2) is 30.3 Å². The summed E-state index contributed by atoms with van der Waals surface area (Å²) < 4.78 is 1.78. The lowest BCUT2D eigenvalue weighted by molar-refractivity contribution is -0.124. The molecule has 3 aromatic rings. The number of nitrogens with zero attached hydrogens (tertiary/aromatic N) is 7. The number of aromatic nitrogens is 4. The molecule has 2 aromatic heterocycles. The zero-order valence-corrected chi connectivity index (χ0v) is 22.0. The summed E-state index contributed by atoms with van der Waals surface area (Å²) in [6.07, 6.45) is 2.23. The van der Waals surface area contributed by atoms with E-state index in [-0.39, 0.29) is 17.7 Å². The molecule has 0 aliphatic carbocycles. The normalized spacial score (nSPS) is 19.1. The van der Waals surface area contributed by atoms with Crippen molar-refractivity contribution in [1.29, 1.82) is 0 Å². The first-order valence-electron chi connectivity index (χ1n) is 12.5. The maximum Gasteiger partial charge on any atom is 0.221 e. The van der Waals surface area contributed by atoms with Crippen LogP contribution in [0.4, 0.5) is 5.82 Å². The summed E-state index contributed by atoms with van der Waals surface area (Å²) in [4.78, 5) is 19.5. The van der Waals surface area contributed by atoms with Gasteiger partial charge in [-0.15, -0.1) is 15.3 Å². The summed E-state index contributed by atoms with van der Waals surface area (Å²) in [5.41, 5.74) is 7.72. The highest BCUT2D eigenvalue weighted by Gasteiger charge is 2.32. The number of likely N-dealkylation sites (tertiary alicyclic amines) is 1. The first-order valence-corrected chi connectivity index (χ1v) is 13.2. The third-order valence-corrected chi connectivity index (χ3v) is 8.24. The van der Waals surface area contributed by atoms with Crippen molar-refractivity contribution in [2.45, 2.75) is 25.8 Å². The van der Waals surface area contributed by atoms with Gasteiger partial charge < -0.3 is 15.5 Å². The van der Waals surface area contributed by atoms with E-state index in [1.807, 2.05) is 30.3 Å². The second-order valence-electron chi connectivity index (χ2n) is 9.94. The van der Waals surface area contributed by atoms with Gasteiger partial charge in [0.1, 0.15) is 5.82 Å². The second-order valence-corrected chi connectivity index (χ2v) is 10.8. The van der Waals surface area contributed by atoms with Crippen LogP contribution in [0, 0.1) is 11.8 Å². The molecule has 0 bridgehead atoms. The molecule has 2 saturated heterocycles. The molecule has 2 aliphatic rings. The lowest BCUT2D eigenvalue weighted by Gasteiger charge is -2.35. The van der Waals surface area contributed by atoms with Gasteiger partial charge in [0.15, 0.2) is 11.5 Å². The van der Waals surface area contributed by atoms with Crippen molar-refractivity contribution >= 4 is 40.6 Å². The zero-order chi connectivity index (χ0) is 25.2. The number of piperazine rings is 1. The Kier molecular flexibility index (Phi) is 7.62. The number of likely N-dealkylation sites (N-methyl/N-ethyl adjacent to an activating group) is 1. The summed E-state index contributed by atoms with van der Waals surface area (Å²) in [5.74, 6) is 1.19. The van der Waals surface area contributed by atoms with Gasteiger partial charge in [-0.25, -0.2) is 0 Å². The highest BCUT2D eigenvalue weighted by Crippen LogP contribution is 2.29. The van der Waals surface area contributed by atoms with Gasteiger partial charge in [-0.05, 0) is 68.7 Å². The Morgan fingerprint density at radius 2 is 1.78 bits per heavy atom. The zero-order valence-electron chi connectivity index (χ0n) is 20.5. The third-order valence-electron chi connectivity index (χ3n) is 7.50. The molecule has 2 aliphatic heterocycles. The predicted octanol–water partition coefficient (Wildman–Crippen LogP) is 2.74. The van der Waals surface area contributed by atoms with Gasteiger partial charge >= 0.3 is 0 Å². The van der Waals surface area contributed by atoms with Crippen molar-refractivity contribution in [2.75, 3.05) is 51.2 Å². The summed E-state index contributed by atoms with van der Waals surface area (Å²) in [6, 6.07) is 9.70. The smallest absolute Gasteiger partial charge is 0.221 e. The molecule has 0 spiro atoms. The summed E-state index contributed by atoms with van der Waals surface area (Å²) in [5, 5.41) is 14.6. The van der Waals surface area contributed by atoms with Crippen LogP contribution < -0.4 is 10.6 Å². The predicted molar refractivity (Wildman–Crippen MR) is 141 cm³/mol. The number of carbonyl (C=O) groups excluding carboxylic acids is 1. The number of halogens is 2. The van der Waals surface area contributed by atoms with Crippen LogP contribution in [-0.2, 0) is 17.8 Å². The number of carbonyl (C=O) groups is 1. The lowest BCUT2D eigenvalue weighted by atomic mass is 9.81. The molecule has 11 heteroatoms. The van der Waals surface area contributed by atoms with Gasteiger partial charge in [0.25, 0.3) is 0 Å². The van der Waals surface area contributed by atoms with Crippen LogP contribution in [0.2, 0.25) is 10.0 Å². The molecule has 4 heterocycles. The fourth-order valence-electron chi connectivity index (χ4n) is 5.26. The Hall–Kier alpha value is -2.46. The van der Waals surface area contributed by atoms with Crippen LogP contribution in [-0.4, -0.2) is 81.8 Å². The molecule has 9 nitrogen and oxygen atoms in total. The number of rotatable bonds is 7. The molecule has 1 unspecified atom stereocenters. The first kappa shape index (κ1) is 25.2. The Morgan fingerprint density at radius 1 is 1.03 bits per heavy atom. The second kappa shape index (κ2) is 10.9. The van der Waals surface area contributed by atoms with Crippen molar-refractivity contribution in [2.24, 2.45) is 17.6 Å². The highest BCUT2D eigenvalue weighted by atomic mass is 35.5. The standard InChI is InChI=1S/C25H32Cl2N8O/c1-32-10-12-34(13-11-32)23-5-4-22-29-30-24(35(22)31-23)15-19(25(28)36)18-6-8-33(9-7-18)16-17-2-3-20(26)21(27)14-17/h2-5,14,18-19H,6-13,15-16H2,1H3,(H2,28,36). The van der Waals surface area contributed by atoms with Crippen molar-refractivity contribution in [3.8, 4) is 0 Å². The van der Waals surface area contributed by atoms with Crippen molar-refractivity contribution in [3.05, 3.63) is 51.8 Å². The largest absolute Gasteiger partial charge is 0.369 e. The molecule has 1 amide bonds. The van der Waals surface area contributed by atoms with Gasteiger partial charge in [0.2, 0.25) is 5.91 Å². The SMILES string of the molecule is CN1CCN(c2ccc3nnc(CC(C(N)=O)C4CCN(Cc5ccc(Cl)c(Cl)c5)CC4)n3n2)CC1. The topological polar surface area (TPSA) is 95.9 Å². The third kappa shape index (κ3) is 5.59. The number of piperidine rings is 1. The molecule has 192 valence electrons. The monoisotopic (exact) mass is 530 g/mol. The summed E-state index contributed by atoms with van der Waals surface area (Å²) in [7, 11) is 2.13. The number of benzene rings is 1. The average molecular weight is 531 g/mol. The van der Waals surface area contributed by atoms with Gasteiger partial charge in [0, 0.05) is 45.1 Å². The summed E-state index contributed by atoms with van der Waals surface area (Å²) in [6.45, 7) is 6.44. The van der Waals surface area contributed by atoms with Crippen LogP contribution in [0.25, 0.3) is 5.65 Å². The Bertz CT molecular complexity index is 1220. The van der Waals surface area contributed by atoms with E-state index in [1.54, 1.807) is 4.52 Å². The number of hydrogen-bond donors (Lipinski definition) is 1. The van der Waals surface area contributed by atoms with Crippen LogP contribution in [0.1, 0.15) is 24.2 Å². The van der Waals surface area contributed by atoms with E-state index < -0.39 is 0 Å². The van der Waals surface area contributed by atoms with E-state index in [0.717, 1.165) is 70.0 Å². The fourth-order valence-corrected chi connectivity index (χ4v) is 5.58. The van der Waals surface area contributed by atoms with E-state index in [1.165, 1.54) is 0 Å². The van der Waals surface area contributed by atoms with E-state index in [0.29, 0.717) is 27.9 Å². The van der Waals surface area contributed by atoms with E-state index in [2.05, 4.69) is 31.9 Å². The Balaban J connectivity index is 1.25. The average Bonchev–Trinajstić information content (AvgIpc) is 3.28. The van der Waals surface area contributed by atoms with Crippen molar-refractivity contribution in [3.63, 3.8) is 0 Å². The molecular formula is C25H32Cl2N8O. The van der Waals surface area contributed by atoms with E-state index >= 15 is 0 Å². The fraction of sp³-hybridized carbons (Fsp3) is 0.520. The number of primary amides is 1. The van der Waals surface area contributed by atoms with Crippen LogP contribution in [0.3, 0.4) is 0 Å². The molecule has 1 aromatic carbocycles. The first-order chi connectivity index (χ1) is 17.4. The number of amides is 1. The van der Waals surface area contributed by atoms with Gasteiger partial charge in [-0.3, -0.25) is 9.69 Å². The molecular weight excluding hydrogens is 499 g/mol. The van der Waals surface area contributed by atoms with E-state index in [9.17, 15) is 4.79 Å². The maximum atomic E-state index is 12.5. The summed E-state index contributed by atoms with van der Waals surface area (Å²) >= 11 is 12.2. The van der Waals surface area contributed by atoms with Crippen LogP contribution in [0.5, 0.6) is 0 Å². The number of anilines is 1. The Labute approximate surface area is 221 Å². The number of fused-ring (bicyclic) bond motifs is 1. The minimum atomic E-state index is -0.307.